The van der Waals surface area contributed by atoms with Crippen molar-refractivity contribution in [2.75, 3.05) is 31.1 Å². The molecule has 1 aliphatic rings. The summed E-state index contributed by atoms with van der Waals surface area (Å²) in [6, 6.07) is 4.18. The number of carbonyl (C=O) groups excluding carboxylic acids is 1. The second kappa shape index (κ2) is 6.85. The number of fused-ring (bicyclic) bond motifs is 1. The van der Waals surface area contributed by atoms with Crippen LogP contribution in [-0.4, -0.2) is 62.2 Å². The van der Waals surface area contributed by atoms with Gasteiger partial charge in [0.2, 0.25) is 0 Å². The number of hydrogen-bond donors (Lipinski definition) is 0. The highest BCUT2D eigenvalue weighted by Gasteiger charge is 2.26. The van der Waals surface area contributed by atoms with Gasteiger partial charge in [-0.3, -0.25) is 4.68 Å². The number of carbonyl (C=O) groups is 1. The lowest BCUT2D eigenvalue weighted by Crippen LogP contribution is -2.50. The molecule has 0 N–H and O–H groups in total. The topological polar surface area (TPSA) is 67.9 Å². The molecule has 0 bridgehead atoms. The smallest absolute Gasteiger partial charge is 0.410 e. The number of piperazine rings is 1. The molecule has 1 saturated heterocycles. The highest BCUT2D eigenvalue weighted by molar-refractivity contribution is 5.76. The van der Waals surface area contributed by atoms with E-state index in [0.717, 1.165) is 35.4 Å². The van der Waals surface area contributed by atoms with Gasteiger partial charge in [0.25, 0.3) is 0 Å². The summed E-state index contributed by atoms with van der Waals surface area (Å²) in [6.45, 7) is 8.45. The van der Waals surface area contributed by atoms with Crippen LogP contribution in [0.2, 0.25) is 0 Å². The molecule has 148 valence electrons. The molecule has 8 nitrogen and oxygen atoms in total. The Bertz CT molecular complexity index is 992. The fourth-order valence-corrected chi connectivity index (χ4v) is 3.41. The lowest BCUT2D eigenvalue weighted by atomic mass is 10.1. The molecular weight excluding hydrogens is 356 g/mol. The van der Waals surface area contributed by atoms with Crippen LogP contribution in [0.1, 0.15) is 20.8 Å². The number of aryl methyl sites for hydroxylation is 1. The number of amides is 1. The average molecular weight is 382 g/mol. The zero-order valence-electron chi connectivity index (χ0n) is 16.8. The van der Waals surface area contributed by atoms with Gasteiger partial charge in [-0.25, -0.2) is 9.31 Å². The number of aromatic nitrogens is 4. The van der Waals surface area contributed by atoms with E-state index in [4.69, 9.17) is 4.74 Å². The van der Waals surface area contributed by atoms with Gasteiger partial charge in [-0.2, -0.15) is 10.2 Å². The van der Waals surface area contributed by atoms with Crippen molar-refractivity contribution in [3.63, 3.8) is 0 Å². The van der Waals surface area contributed by atoms with Crippen molar-refractivity contribution in [2.45, 2.75) is 26.4 Å². The van der Waals surface area contributed by atoms with Crippen molar-refractivity contribution in [1.29, 1.82) is 0 Å². The molecule has 3 aromatic rings. The Morgan fingerprint density at radius 3 is 2.39 bits per heavy atom. The minimum atomic E-state index is -0.470. The Morgan fingerprint density at radius 2 is 1.75 bits per heavy atom. The molecule has 0 atom stereocenters. The predicted molar refractivity (Wildman–Crippen MR) is 107 cm³/mol. The van der Waals surface area contributed by atoms with E-state index in [9.17, 15) is 4.79 Å². The first-order valence-corrected chi connectivity index (χ1v) is 9.49. The Balaban J connectivity index is 1.48. The number of hydrogen-bond acceptors (Lipinski definition) is 5. The van der Waals surface area contributed by atoms with Gasteiger partial charge < -0.3 is 14.5 Å². The number of pyridine rings is 1. The minimum Gasteiger partial charge on any atom is -0.444 e. The van der Waals surface area contributed by atoms with Crippen molar-refractivity contribution < 1.29 is 9.53 Å². The molecule has 0 aromatic carbocycles. The first kappa shape index (κ1) is 18.3. The third-order valence-corrected chi connectivity index (χ3v) is 4.81. The quantitative estimate of drug-likeness (QED) is 0.682. The minimum absolute atomic E-state index is 0.242. The first-order chi connectivity index (χ1) is 13.3. The van der Waals surface area contributed by atoms with Gasteiger partial charge in [0.15, 0.2) is 0 Å². The maximum absolute atomic E-state index is 12.3. The summed E-state index contributed by atoms with van der Waals surface area (Å²) in [7, 11) is 1.91. The normalized spacial score (nSPS) is 15.3. The number of nitrogens with zero attached hydrogens (tertiary/aromatic N) is 6. The lowest BCUT2D eigenvalue weighted by molar-refractivity contribution is 0.0241. The molecule has 8 heteroatoms. The maximum Gasteiger partial charge on any atom is 0.410 e. The molecular formula is C20H26N6O2. The number of rotatable bonds is 2. The second-order valence-corrected chi connectivity index (χ2v) is 8.13. The van der Waals surface area contributed by atoms with E-state index in [1.165, 1.54) is 0 Å². The van der Waals surface area contributed by atoms with Crippen LogP contribution in [0.5, 0.6) is 0 Å². The molecule has 3 aromatic heterocycles. The third-order valence-electron chi connectivity index (χ3n) is 4.81. The summed E-state index contributed by atoms with van der Waals surface area (Å²) in [5.41, 5.74) is 3.81. The van der Waals surface area contributed by atoms with Crippen LogP contribution >= 0.6 is 0 Å². The van der Waals surface area contributed by atoms with Crippen LogP contribution < -0.4 is 4.90 Å². The Hall–Kier alpha value is -3.03. The molecule has 0 unspecified atom stereocenters. The molecule has 1 amide bonds. The molecule has 4 heterocycles. The maximum atomic E-state index is 12.3. The standard InChI is InChI=1S/C20H26N6O2/c1-20(2,3)28-19(27)25-9-7-24(8-10-25)18-12-22-26-14-15(5-6-17(18)26)16-11-21-23(4)13-16/h5-6,11-14H,7-10H2,1-4H3. The van der Waals surface area contributed by atoms with E-state index >= 15 is 0 Å². The Kier molecular flexibility index (Phi) is 4.49. The van der Waals surface area contributed by atoms with Crippen molar-refractivity contribution >= 4 is 17.3 Å². The lowest BCUT2D eigenvalue weighted by Gasteiger charge is -2.36. The third kappa shape index (κ3) is 3.67. The van der Waals surface area contributed by atoms with Gasteiger partial charge in [-0.1, -0.05) is 6.07 Å². The van der Waals surface area contributed by atoms with E-state index in [1.54, 1.807) is 9.58 Å². The van der Waals surface area contributed by atoms with Gasteiger partial charge in [-0.05, 0) is 26.8 Å². The molecule has 1 fully saturated rings. The first-order valence-electron chi connectivity index (χ1n) is 9.49. The van der Waals surface area contributed by atoms with Gasteiger partial charge in [-0.15, -0.1) is 0 Å². The van der Waals surface area contributed by atoms with Crippen LogP contribution in [0.25, 0.3) is 16.6 Å². The van der Waals surface area contributed by atoms with Crippen molar-refractivity contribution in [1.82, 2.24) is 24.3 Å². The van der Waals surface area contributed by atoms with E-state index in [-0.39, 0.29) is 6.09 Å². The summed E-state index contributed by atoms with van der Waals surface area (Å²) in [5, 5.41) is 8.76. The average Bonchev–Trinajstić information content (AvgIpc) is 3.26. The van der Waals surface area contributed by atoms with Gasteiger partial charge in [0.1, 0.15) is 5.60 Å². The molecule has 0 spiro atoms. The summed E-state index contributed by atoms with van der Waals surface area (Å²) < 4.78 is 9.17. The van der Waals surface area contributed by atoms with Crippen LogP contribution in [-0.2, 0) is 11.8 Å². The van der Waals surface area contributed by atoms with Crippen LogP contribution in [0.15, 0.2) is 36.9 Å². The monoisotopic (exact) mass is 382 g/mol. The largest absolute Gasteiger partial charge is 0.444 e. The zero-order chi connectivity index (χ0) is 19.9. The van der Waals surface area contributed by atoms with Crippen molar-refractivity contribution in [3.05, 3.63) is 36.9 Å². The summed E-state index contributed by atoms with van der Waals surface area (Å²) in [6.07, 6.45) is 7.51. The van der Waals surface area contributed by atoms with E-state index in [1.807, 2.05) is 57.1 Å². The van der Waals surface area contributed by atoms with E-state index in [2.05, 4.69) is 27.2 Å². The van der Waals surface area contributed by atoms with Gasteiger partial charge in [0.05, 0.1) is 23.6 Å². The van der Waals surface area contributed by atoms with Crippen molar-refractivity contribution in [3.8, 4) is 11.1 Å². The molecule has 4 rings (SSSR count). The Labute approximate surface area is 164 Å². The molecule has 0 aliphatic carbocycles. The fourth-order valence-electron chi connectivity index (χ4n) is 3.41. The van der Waals surface area contributed by atoms with Crippen molar-refractivity contribution in [2.24, 2.45) is 7.05 Å². The number of anilines is 1. The van der Waals surface area contributed by atoms with Crippen LogP contribution in [0.4, 0.5) is 10.5 Å². The highest BCUT2D eigenvalue weighted by Crippen LogP contribution is 2.26. The summed E-state index contributed by atoms with van der Waals surface area (Å²) >= 11 is 0. The van der Waals surface area contributed by atoms with E-state index in [0.29, 0.717) is 13.1 Å². The van der Waals surface area contributed by atoms with Crippen LogP contribution in [0.3, 0.4) is 0 Å². The summed E-state index contributed by atoms with van der Waals surface area (Å²) in [5.74, 6) is 0. The number of ether oxygens (including phenoxy) is 1. The van der Waals surface area contributed by atoms with E-state index < -0.39 is 5.60 Å². The molecule has 28 heavy (non-hydrogen) atoms. The van der Waals surface area contributed by atoms with Gasteiger partial charge in [0, 0.05) is 56.7 Å². The van der Waals surface area contributed by atoms with Gasteiger partial charge >= 0.3 is 6.09 Å². The zero-order valence-corrected chi connectivity index (χ0v) is 16.8. The molecule has 0 radical (unpaired) electrons. The molecule has 1 aliphatic heterocycles. The van der Waals surface area contributed by atoms with Crippen LogP contribution in [0, 0.1) is 0 Å². The highest BCUT2D eigenvalue weighted by atomic mass is 16.6. The fraction of sp³-hybridized carbons (Fsp3) is 0.450. The SMILES string of the molecule is Cn1cc(-c2ccc3c(N4CCN(C(=O)OC(C)(C)C)CC4)cnn3c2)cn1. The summed E-state index contributed by atoms with van der Waals surface area (Å²) in [4.78, 5) is 16.3. The molecule has 0 saturated carbocycles. The Morgan fingerprint density at radius 1 is 1.00 bits per heavy atom. The predicted octanol–water partition coefficient (Wildman–Crippen LogP) is 2.79. The second-order valence-electron chi connectivity index (χ2n) is 8.13.